The molecular weight excluding hydrogens is 807 g/mol. The minimum Gasteiger partial charge on any atom is -0.384 e. The zero-order chi connectivity index (χ0) is 46.2. The Morgan fingerprint density at radius 3 is 2.14 bits per heavy atom. The van der Waals surface area contributed by atoms with Crippen LogP contribution >= 0.6 is 0 Å². The Morgan fingerprint density at radius 2 is 1.42 bits per heavy atom. The second kappa shape index (κ2) is 20.6. The van der Waals surface area contributed by atoms with Crippen LogP contribution in [0.3, 0.4) is 0 Å². The maximum absolute atomic E-state index is 10.6. The van der Waals surface area contributed by atoms with E-state index in [2.05, 4.69) is 69.8 Å². The van der Waals surface area contributed by atoms with Crippen LogP contribution < -0.4 is 22.1 Å². The van der Waals surface area contributed by atoms with E-state index in [9.17, 15) is 10.2 Å². The molecular formula is C49H69N11O4. The summed E-state index contributed by atoms with van der Waals surface area (Å²) in [5, 5.41) is 40.6. The largest absolute Gasteiger partial charge is 0.384 e. The van der Waals surface area contributed by atoms with Gasteiger partial charge in [-0.05, 0) is 152 Å². The number of aryl methyl sites for hydroxylation is 2. The summed E-state index contributed by atoms with van der Waals surface area (Å²) in [4.78, 5) is 27.7. The van der Waals surface area contributed by atoms with Gasteiger partial charge >= 0.3 is 0 Å². The van der Waals surface area contributed by atoms with E-state index in [1.165, 1.54) is 81.1 Å². The van der Waals surface area contributed by atoms with Crippen molar-refractivity contribution < 1.29 is 20.4 Å². The van der Waals surface area contributed by atoms with Gasteiger partial charge in [-0.15, -0.1) is 0 Å². The minimum absolute atomic E-state index is 0.162. The summed E-state index contributed by atoms with van der Waals surface area (Å²) in [6.07, 6.45) is 24.4. The van der Waals surface area contributed by atoms with E-state index in [-0.39, 0.29) is 6.04 Å². The number of rotatable bonds is 13. The summed E-state index contributed by atoms with van der Waals surface area (Å²) >= 11 is 0. The van der Waals surface area contributed by atoms with E-state index in [0.717, 1.165) is 67.5 Å². The number of benzene rings is 1. The topological polar surface area (TPSA) is 244 Å². The predicted octanol–water partition coefficient (Wildman–Crippen LogP) is 7.45. The molecule has 15 heteroatoms. The molecule has 5 aromatic heterocycles. The van der Waals surface area contributed by atoms with Crippen molar-refractivity contribution in [1.29, 1.82) is 0 Å². The molecule has 0 aliphatic heterocycles. The first-order chi connectivity index (χ1) is 30.3. The van der Waals surface area contributed by atoms with Crippen molar-refractivity contribution in [3.8, 4) is 0 Å². The lowest BCUT2D eigenvalue weighted by Gasteiger charge is -2.49. The Hall–Kier alpha value is -5.48. The van der Waals surface area contributed by atoms with Gasteiger partial charge in [-0.2, -0.15) is 0 Å². The number of hydrogen-bond donors (Lipinski definition) is 7. The van der Waals surface area contributed by atoms with E-state index < -0.39 is 17.1 Å². The summed E-state index contributed by atoms with van der Waals surface area (Å²) in [6.45, 7) is 9.61. The highest BCUT2D eigenvalue weighted by atomic mass is 16.5. The van der Waals surface area contributed by atoms with Crippen molar-refractivity contribution in [1.82, 2.24) is 34.5 Å². The fourth-order valence-corrected chi connectivity index (χ4v) is 9.40. The van der Waals surface area contributed by atoms with Crippen LogP contribution in [0.15, 0.2) is 79.9 Å². The first-order valence-corrected chi connectivity index (χ1v) is 22.6. The molecule has 2 aliphatic carbocycles. The molecule has 4 unspecified atom stereocenters. The molecule has 15 nitrogen and oxygen atoms in total. The molecule has 0 spiro atoms. The SMILES string of the molecule is CC(C)(O)O.Cc1c(N)ncnc1N(C1CCC(CCCc2cccnc2)C1)C(C)(C)C(C)(O)O.Nc1cc2cccc(CCCC3CCC(n4ccc5c(N)ncnc54)C3)c2cn1. The molecule has 0 bridgehead atoms. The summed E-state index contributed by atoms with van der Waals surface area (Å²) in [7, 11) is 0. The van der Waals surface area contributed by atoms with Crippen LogP contribution in [0.4, 0.5) is 23.3 Å². The van der Waals surface area contributed by atoms with Gasteiger partial charge in [0.2, 0.25) is 0 Å². The lowest BCUT2D eigenvalue weighted by molar-refractivity contribution is -0.188. The van der Waals surface area contributed by atoms with Crippen LogP contribution in [0.25, 0.3) is 21.8 Å². The molecule has 0 saturated heterocycles. The Bertz CT molecular complexity index is 2420. The van der Waals surface area contributed by atoms with Crippen LogP contribution in [0.5, 0.6) is 0 Å². The summed E-state index contributed by atoms with van der Waals surface area (Å²) in [5.41, 5.74) is 21.3. The molecule has 8 rings (SSSR count). The van der Waals surface area contributed by atoms with Gasteiger partial charge in [0, 0.05) is 47.8 Å². The van der Waals surface area contributed by atoms with E-state index in [1.54, 1.807) is 12.5 Å². The average Bonchev–Trinajstić information content (AvgIpc) is 4.00. The number of aromatic nitrogens is 7. The van der Waals surface area contributed by atoms with Gasteiger partial charge in [0.1, 0.15) is 41.6 Å². The van der Waals surface area contributed by atoms with Gasteiger partial charge in [-0.1, -0.05) is 37.1 Å². The maximum Gasteiger partial charge on any atom is 0.183 e. The van der Waals surface area contributed by atoms with Gasteiger partial charge in [-0.3, -0.25) is 4.98 Å². The zero-order valence-corrected chi connectivity index (χ0v) is 38.4. The molecule has 5 heterocycles. The van der Waals surface area contributed by atoms with Crippen LogP contribution in [-0.2, 0) is 12.8 Å². The molecule has 0 amide bonds. The highest BCUT2D eigenvalue weighted by Crippen LogP contribution is 2.43. The first kappa shape index (κ1) is 48.0. The third kappa shape index (κ3) is 12.2. The molecule has 4 atom stereocenters. The predicted molar refractivity (Wildman–Crippen MR) is 255 cm³/mol. The van der Waals surface area contributed by atoms with Gasteiger partial charge in [0.25, 0.3) is 0 Å². The van der Waals surface area contributed by atoms with E-state index >= 15 is 0 Å². The lowest BCUT2D eigenvalue weighted by Crippen LogP contribution is -2.63. The Kier molecular flexibility index (Phi) is 15.4. The highest BCUT2D eigenvalue weighted by Gasteiger charge is 2.48. The zero-order valence-electron chi connectivity index (χ0n) is 38.4. The van der Waals surface area contributed by atoms with Crippen LogP contribution in [0.1, 0.15) is 122 Å². The van der Waals surface area contributed by atoms with Gasteiger partial charge in [0.15, 0.2) is 11.6 Å². The highest BCUT2D eigenvalue weighted by molar-refractivity contribution is 5.87. The first-order valence-electron chi connectivity index (χ1n) is 22.6. The molecule has 10 N–H and O–H groups in total. The van der Waals surface area contributed by atoms with Crippen molar-refractivity contribution in [2.45, 2.75) is 148 Å². The van der Waals surface area contributed by atoms with Gasteiger partial charge in [-0.25, -0.2) is 24.9 Å². The van der Waals surface area contributed by atoms with Gasteiger partial charge in [0.05, 0.1) is 10.9 Å². The number of nitrogen functional groups attached to an aromatic ring is 3. The number of aliphatic hydroxyl groups is 4. The molecule has 2 saturated carbocycles. The summed E-state index contributed by atoms with van der Waals surface area (Å²) in [6, 6.07) is 15.2. The molecule has 344 valence electrons. The number of nitrogens with two attached hydrogens (primary N) is 3. The Labute approximate surface area is 377 Å². The number of fused-ring (bicyclic) bond motifs is 2. The third-order valence-electron chi connectivity index (χ3n) is 13.1. The molecule has 64 heavy (non-hydrogen) atoms. The van der Waals surface area contributed by atoms with Crippen LogP contribution in [0, 0.1) is 18.8 Å². The number of nitrogens with zero attached hydrogens (tertiary/aromatic N) is 8. The second-order valence-electron chi connectivity index (χ2n) is 18.9. The number of hydrogen-bond acceptors (Lipinski definition) is 14. The summed E-state index contributed by atoms with van der Waals surface area (Å²) < 4.78 is 2.30. The monoisotopic (exact) mass is 876 g/mol. The quantitative estimate of drug-likeness (QED) is 0.0557. The average molecular weight is 876 g/mol. The fourth-order valence-electron chi connectivity index (χ4n) is 9.40. The molecule has 6 aromatic rings. The third-order valence-corrected chi connectivity index (χ3v) is 13.1. The van der Waals surface area contributed by atoms with Crippen molar-refractivity contribution in [2.24, 2.45) is 11.8 Å². The summed E-state index contributed by atoms with van der Waals surface area (Å²) in [5.74, 6) is 0.212. The lowest BCUT2D eigenvalue weighted by atomic mass is 9.89. The Morgan fingerprint density at radius 1 is 0.734 bits per heavy atom. The molecule has 2 fully saturated rings. The van der Waals surface area contributed by atoms with Gasteiger partial charge < -0.3 is 47.1 Å². The van der Waals surface area contributed by atoms with Crippen LogP contribution in [-0.4, -0.2) is 78.1 Å². The van der Waals surface area contributed by atoms with Crippen molar-refractivity contribution >= 4 is 45.1 Å². The second-order valence-corrected chi connectivity index (χ2v) is 18.9. The van der Waals surface area contributed by atoms with E-state index in [0.29, 0.717) is 35.2 Å². The van der Waals surface area contributed by atoms with Crippen molar-refractivity contribution in [2.75, 3.05) is 22.1 Å². The van der Waals surface area contributed by atoms with Crippen LogP contribution in [0.2, 0.25) is 0 Å². The molecule has 1 aromatic carbocycles. The Balaban J connectivity index is 0.000000192. The van der Waals surface area contributed by atoms with E-state index in [4.69, 9.17) is 27.4 Å². The van der Waals surface area contributed by atoms with Crippen molar-refractivity contribution in [3.63, 3.8) is 0 Å². The van der Waals surface area contributed by atoms with E-state index in [1.807, 2.05) is 51.4 Å². The molecule has 2 aliphatic rings. The normalized spacial score (nSPS) is 19.0. The number of anilines is 4. The smallest absolute Gasteiger partial charge is 0.183 e. The minimum atomic E-state index is -1.91. The molecule has 0 radical (unpaired) electrons. The number of pyridine rings is 2. The van der Waals surface area contributed by atoms with Crippen molar-refractivity contribution in [3.05, 3.63) is 96.6 Å². The maximum atomic E-state index is 10.6. The fraction of sp³-hybridized carbons (Fsp3) is 0.510. The standard InChI is InChI=1S/C23H26N6.C23H35N5O2.C3H8O2/c24-21-12-17-6-2-5-16(20(17)13-26-21)4-1-3-15-7-8-18(11-15)29-10-9-19-22(25)27-14-28-23(19)29;1-16-20(24)26-15-27-21(16)28(22(2,3)23(4,29)30)19-11-10-17(13-19)7-5-8-18-9-6-12-25-14-18;1-3(2,4)5/h2,5-6,9-10,12-15,18H,1,3-4,7-8,11H2,(H2,24,26)(H2,25,27,28);6,9,12,14-15,17,19,29-30H,5,7-8,10-11,13H2,1-4H3,(H2,24,26,27);4-5H,1-2H3.